The first-order valence-corrected chi connectivity index (χ1v) is 8.31. The van der Waals surface area contributed by atoms with Gasteiger partial charge in [0.1, 0.15) is 0 Å². The van der Waals surface area contributed by atoms with Crippen LogP contribution in [-0.2, 0) is 10.2 Å². The SMILES string of the molecule is CCC1CCCCN1S(=O)(=O)N(C)CCCNC. The zero-order chi connectivity index (χ0) is 13.6. The molecule has 1 unspecified atom stereocenters. The third-order valence-electron chi connectivity index (χ3n) is 3.63. The summed E-state index contributed by atoms with van der Waals surface area (Å²) in [6, 6.07) is 0.190. The summed E-state index contributed by atoms with van der Waals surface area (Å²) in [4.78, 5) is 0. The van der Waals surface area contributed by atoms with Gasteiger partial charge in [-0.05, 0) is 39.3 Å². The molecule has 0 bridgehead atoms. The van der Waals surface area contributed by atoms with E-state index in [0.717, 1.165) is 38.6 Å². The molecule has 1 rings (SSSR count). The highest BCUT2D eigenvalue weighted by atomic mass is 32.2. The van der Waals surface area contributed by atoms with Crippen LogP contribution in [0.15, 0.2) is 0 Å². The molecule has 0 aromatic heterocycles. The Morgan fingerprint density at radius 2 is 2.11 bits per heavy atom. The maximum absolute atomic E-state index is 12.5. The summed E-state index contributed by atoms with van der Waals surface area (Å²) in [5.41, 5.74) is 0. The fourth-order valence-electron chi connectivity index (χ4n) is 2.46. The Morgan fingerprint density at radius 3 is 2.72 bits per heavy atom. The summed E-state index contributed by atoms with van der Waals surface area (Å²) in [5.74, 6) is 0. The molecule has 0 aromatic carbocycles. The normalized spacial score (nSPS) is 22.6. The van der Waals surface area contributed by atoms with E-state index in [4.69, 9.17) is 0 Å². The zero-order valence-electron chi connectivity index (χ0n) is 11.9. The molecule has 0 spiro atoms. The van der Waals surface area contributed by atoms with Gasteiger partial charge in [-0.2, -0.15) is 17.0 Å². The van der Waals surface area contributed by atoms with Crippen LogP contribution in [0.1, 0.15) is 39.0 Å². The highest BCUT2D eigenvalue weighted by molar-refractivity contribution is 7.86. The zero-order valence-corrected chi connectivity index (χ0v) is 12.7. The van der Waals surface area contributed by atoms with Crippen LogP contribution in [0.5, 0.6) is 0 Å². The second-order valence-corrected chi connectivity index (χ2v) is 6.94. The first-order valence-electron chi connectivity index (χ1n) is 6.91. The number of hydrogen-bond acceptors (Lipinski definition) is 3. The lowest BCUT2D eigenvalue weighted by Gasteiger charge is -2.36. The predicted octanol–water partition coefficient (Wildman–Crippen LogP) is 1.04. The molecular weight excluding hydrogens is 250 g/mol. The van der Waals surface area contributed by atoms with Crippen molar-refractivity contribution in [3.63, 3.8) is 0 Å². The highest BCUT2D eigenvalue weighted by Crippen LogP contribution is 2.23. The van der Waals surface area contributed by atoms with Crippen molar-refractivity contribution in [2.75, 3.05) is 33.7 Å². The molecule has 0 aliphatic carbocycles. The van der Waals surface area contributed by atoms with Crippen molar-refractivity contribution < 1.29 is 8.42 Å². The number of piperidine rings is 1. The third kappa shape index (κ3) is 3.91. The van der Waals surface area contributed by atoms with Crippen LogP contribution >= 0.6 is 0 Å². The van der Waals surface area contributed by atoms with Crippen LogP contribution < -0.4 is 5.32 Å². The molecule has 0 saturated carbocycles. The summed E-state index contributed by atoms with van der Waals surface area (Å²) in [7, 11) is 0.303. The molecule has 1 N–H and O–H groups in total. The summed E-state index contributed by atoms with van der Waals surface area (Å²) in [5, 5.41) is 3.04. The molecule has 108 valence electrons. The fourth-order valence-corrected chi connectivity index (χ4v) is 4.17. The van der Waals surface area contributed by atoms with E-state index in [2.05, 4.69) is 12.2 Å². The van der Waals surface area contributed by atoms with Gasteiger partial charge in [-0.25, -0.2) is 0 Å². The lowest BCUT2D eigenvalue weighted by molar-refractivity contribution is 0.230. The maximum Gasteiger partial charge on any atom is 0.281 e. The van der Waals surface area contributed by atoms with E-state index in [1.165, 1.54) is 4.31 Å². The number of rotatable bonds is 7. The van der Waals surface area contributed by atoms with Crippen LogP contribution in [0.4, 0.5) is 0 Å². The average molecular weight is 277 g/mol. The van der Waals surface area contributed by atoms with E-state index in [1.54, 1.807) is 11.4 Å². The minimum Gasteiger partial charge on any atom is -0.320 e. The third-order valence-corrected chi connectivity index (χ3v) is 5.68. The molecule has 1 atom stereocenters. The van der Waals surface area contributed by atoms with Gasteiger partial charge in [0, 0.05) is 26.2 Å². The Hall–Kier alpha value is -0.170. The monoisotopic (exact) mass is 277 g/mol. The van der Waals surface area contributed by atoms with Crippen LogP contribution in [0.2, 0.25) is 0 Å². The molecule has 6 heteroatoms. The molecule has 18 heavy (non-hydrogen) atoms. The Labute approximate surface area is 112 Å². The van der Waals surface area contributed by atoms with Crippen molar-refractivity contribution in [1.82, 2.24) is 13.9 Å². The standard InChI is InChI=1S/C12H27N3O2S/c1-4-12-8-5-6-11-15(12)18(16,17)14(3)10-7-9-13-2/h12-13H,4-11H2,1-3H3. The molecule has 0 radical (unpaired) electrons. The van der Waals surface area contributed by atoms with Crippen LogP contribution in [0.25, 0.3) is 0 Å². The van der Waals surface area contributed by atoms with E-state index in [-0.39, 0.29) is 6.04 Å². The fraction of sp³-hybridized carbons (Fsp3) is 1.00. The van der Waals surface area contributed by atoms with Gasteiger partial charge in [0.2, 0.25) is 0 Å². The summed E-state index contributed by atoms with van der Waals surface area (Å²) in [6.07, 6.45) is 4.88. The van der Waals surface area contributed by atoms with Crippen molar-refractivity contribution in [1.29, 1.82) is 0 Å². The molecule has 1 saturated heterocycles. The van der Waals surface area contributed by atoms with E-state index >= 15 is 0 Å². The van der Waals surface area contributed by atoms with Crippen LogP contribution in [0, 0.1) is 0 Å². The van der Waals surface area contributed by atoms with Crippen molar-refractivity contribution >= 4 is 10.2 Å². The van der Waals surface area contributed by atoms with Crippen molar-refractivity contribution in [3.8, 4) is 0 Å². The Balaban J connectivity index is 2.65. The first-order chi connectivity index (χ1) is 8.54. The molecule has 0 amide bonds. The van der Waals surface area contributed by atoms with Crippen molar-refractivity contribution in [2.24, 2.45) is 0 Å². The molecule has 1 aliphatic heterocycles. The largest absolute Gasteiger partial charge is 0.320 e. The average Bonchev–Trinajstić information content (AvgIpc) is 2.38. The molecular formula is C12H27N3O2S. The molecule has 5 nitrogen and oxygen atoms in total. The van der Waals surface area contributed by atoms with Gasteiger partial charge in [-0.1, -0.05) is 13.3 Å². The number of nitrogens with zero attached hydrogens (tertiary/aromatic N) is 2. The summed E-state index contributed by atoms with van der Waals surface area (Å²) >= 11 is 0. The lowest BCUT2D eigenvalue weighted by atomic mass is 10.0. The van der Waals surface area contributed by atoms with Crippen molar-refractivity contribution in [2.45, 2.75) is 45.1 Å². The second kappa shape index (κ2) is 7.43. The predicted molar refractivity (Wildman–Crippen MR) is 74.7 cm³/mol. The molecule has 1 fully saturated rings. The number of hydrogen-bond donors (Lipinski definition) is 1. The topological polar surface area (TPSA) is 52.7 Å². The molecule has 0 aromatic rings. The van der Waals surface area contributed by atoms with Gasteiger partial charge >= 0.3 is 0 Å². The summed E-state index contributed by atoms with van der Waals surface area (Å²) < 4.78 is 28.2. The van der Waals surface area contributed by atoms with E-state index in [0.29, 0.717) is 13.1 Å². The Bertz CT molecular complexity index is 332. The highest BCUT2D eigenvalue weighted by Gasteiger charge is 2.33. The van der Waals surface area contributed by atoms with E-state index in [1.807, 2.05) is 7.05 Å². The van der Waals surface area contributed by atoms with E-state index in [9.17, 15) is 8.42 Å². The van der Waals surface area contributed by atoms with Crippen LogP contribution in [0.3, 0.4) is 0 Å². The van der Waals surface area contributed by atoms with Gasteiger partial charge in [-0.15, -0.1) is 0 Å². The van der Waals surface area contributed by atoms with Crippen LogP contribution in [-0.4, -0.2) is 56.8 Å². The molecule has 1 aliphatic rings. The van der Waals surface area contributed by atoms with E-state index < -0.39 is 10.2 Å². The minimum atomic E-state index is -3.26. The maximum atomic E-state index is 12.5. The van der Waals surface area contributed by atoms with Gasteiger partial charge in [0.15, 0.2) is 0 Å². The lowest BCUT2D eigenvalue weighted by Crippen LogP contribution is -2.49. The molecule has 1 heterocycles. The minimum absolute atomic E-state index is 0.190. The number of nitrogens with one attached hydrogen (secondary N) is 1. The summed E-state index contributed by atoms with van der Waals surface area (Å²) in [6.45, 7) is 4.17. The second-order valence-electron chi connectivity index (χ2n) is 4.95. The van der Waals surface area contributed by atoms with Gasteiger partial charge in [0.05, 0.1) is 0 Å². The Kier molecular flexibility index (Phi) is 6.55. The first kappa shape index (κ1) is 15.9. The van der Waals surface area contributed by atoms with Crippen molar-refractivity contribution in [3.05, 3.63) is 0 Å². The van der Waals surface area contributed by atoms with Gasteiger partial charge in [0.25, 0.3) is 10.2 Å². The quantitative estimate of drug-likeness (QED) is 0.707. The van der Waals surface area contributed by atoms with Gasteiger partial charge < -0.3 is 5.32 Å². The Morgan fingerprint density at radius 1 is 1.39 bits per heavy atom. The van der Waals surface area contributed by atoms with Gasteiger partial charge in [-0.3, -0.25) is 0 Å². The smallest absolute Gasteiger partial charge is 0.281 e.